The van der Waals surface area contributed by atoms with Gasteiger partial charge in [-0.2, -0.15) is 26.3 Å². The molecule has 4 heterocycles. The molecule has 3 atom stereocenters. The van der Waals surface area contributed by atoms with Crippen LogP contribution in [0.3, 0.4) is 0 Å². The number of rotatable bonds is 5. The third kappa shape index (κ3) is 10.6. The van der Waals surface area contributed by atoms with Crippen molar-refractivity contribution in [2.75, 3.05) is 18.1 Å². The van der Waals surface area contributed by atoms with Crippen LogP contribution in [0.2, 0.25) is 0 Å². The van der Waals surface area contributed by atoms with E-state index < -0.39 is 30.1 Å². The summed E-state index contributed by atoms with van der Waals surface area (Å²) in [7, 11) is 0. The molecular formula is C22H23F7N4O6. The summed E-state index contributed by atoms with van der Waals surface area (Å²) in [6.07, 6.45) is -2.83. The second-order valence-corrected chi connectivity index (χ2v) is 8.07. The molecule has 2 saturated heterocycles. The normalized spacial score (nSPS) is 20.6. The maximum atomic E-state index is 13.0. The maximum absolute atomic E-state index is 13.0. The van der Waals surface area contributed by atoms with Gasteiger partial charge in [-0.15, -0.1) is 0 Å². The molecule has 2 aromatic rings. The van der Waals surface area contributed by atoms with Crippen LogP contribution < -0.4 is 4.90 Å². The number of ether oxygens (including phenoxy) is 2. The van der Waals surface area contributed by atoms with Crippen LogP contribution in [0.4, 0.5) is 36.7 Å². The fourth-order valence-electron chi connectivity index (χ4n) is 3.60. The Morgan fingerprint density at radius 1 is 0.974 bits per heavy atom. The van der Waals surface area contributed by atoms with E-state index in [4.69, 9.17) is 29.3 Å². The van der Waals surface area contributed by atoms with Crippen LogP contribution >= 0.6 is 0 Å². The largest absolute Gasteiger partial charge is 0.490 e. The SMILES string of the molecule is Fc1cnc(N2CC[C@@H]3O[C@@H](COCc4ccccn4)CC[C@@H]32)nc1.O=C(O)C(F)(F)F.O=C(O)C(F)(F)F. The Kier molecular flexibility index (Phi) is 11.3. The monoisotopic (exact) mass is 572 g/mol. The summed E-state index contributed by atoms with van der Waals surface area (Å²) in [6, 6.07) is 6.07. The van der Waals surface area contributed by atoms with Gasteiger partial charge in [-0.3, -0.25) is 4.98 Å². The molecule has 0 bridgehead atoms. The van der Waals surface area contributed by atoms with Crippen molar-refractivity contribution in [2.45, 2.75) is 56.5 Å². The number of carbonyl (C=O) groups is 2. The number of aliphatic carboxylic acids is 2. The van der Waals surface area contributed by atoms with Gasteiger partial charge in [0, 0.05) is 12.7 Å². The van der Waals surface area contributed by atoms with E-state index in [0.29, 0.717) is 19.2 Å². The van der Waals surface area contributed by atoms with Gasteiger partial charge in [0.05, 0.1) is 49.6 Å². The van der Waals surface area contributed by atoms with Crippen molar-refractivity contribution in [1.29, 1.82) is 0 Å². The number of carboxylic acid groups (broad SMARTS) is 2. The number of anilines is 1. The van der Waals surface area contributed by atoms with Gasteiger partial charge in [0.1, 0.15) is 0 Å². The number of nitrogens with zero attached hydrogens (tertiary/aromatic N) is 4. The topological polar surface area (TPSA) is 135 Å². The first-order valence-corrected chi connectivity index (χ1v) is 11.2. The summed E-state index contributed by atoms with van der Waals surface area (Å²) < 4.78 is 88.5. The molecule has 0 amide bonds. The van der Waals surface area contributed by atoms with E-state index in [1.807, 2.05) is 18.2 Å². The Bertz CT molecular complexity index is 1030. The average molecular weight is 572 g/mol. The lowest BCUT2D eigenvalue weighted by atomic mass is 9.99. The molecule has 17 heteroatoms. The predicted octanol–water partition coefficient (Wildman–Crippen LogP) is 3.62. The lowest BCUT2D eigenvalue weighted by Crippen LogP contribution is -2.44. The fraction of sp³-hybridized carbons (Fsp3) is 0.500. The Balaban J connectivity index is 0.000000317. The van der Waals surface area contributed by atoms with Crippen molar-refractivity contribution in [3.63, 3.8) is 0 Å². The van der Waals surface area contributed by atoms with E-state index >= 15 is 0 Å². The van der Waals surface area contributed by atoms with Crippen molar-refractivity contribution >= 4 is 17.9 Å². The van der Waals surface area contributed by atoms with Crippen molar-refractivity contribution in [2.24, 2.45) is 0 Å². The van der Waals surface area contributed by atoms with Gasteiger partial charge >= 0.3 is 24.3 Å². The minimum atomic E-state index is -5.08. The number of pyridine rings is 1. The zero-order valence-electron chi connectivity index (χ0n) is 19.9. The number of halogens is 7. The highest BCUT2D eigenvalue weighted by atomic mass is 19.4. The highest BCUT2D eigenvalue weighted by molar-refractivity contribution is 5.73. The quantitative estimate of drug-likeness (QED) is 0.512. The van der Waals surface area contributed by atoms with E-state index in [0.717, 1.165) is 31.5 Å². The summed E-state index contributed by atoms with van der Waals surface area (Å²) in [6.45, 7) is 1.92. The second-order valence-electron chi connectivity index (χ2n) is 8.07. The molecule has 0 saturated carbocycles. The van der Waals surface area contributed by atoms with Crippen molar-refractivity contribution < 1.29 is 60.0 Å². The van der Waals surface area contributed by atoms with Gasteiger partial charge in [0.2, 0.25) is 5.95 Å². The molecule has 216 valence electrons. The summed E-state index contributed by atoms with van der Waals surface area (Å²) in [5.74, 6) is -5.34. The molecule has 2 N–H and O–H groups in total. The molecule has 2 aliphatic heterocycles. The minimum absolute atomic E-state index is 0.110. The second kappa shape index (κ2) is 14.0. The van der Waals surface area contributed by atoms with Crippen molar-refractivity contribution in [3.8, 4) is 0 Å². The number of hydrogen-bond acceptors (Lipinski definition) is 8. The number of carboxylic acids is 2. The zero-order valence-corrected chi connectivity index (χ0v) is 19.9. The smallest absolute Gasteiger partial charge is 0.475 e. The molecular weight excluding hydrogens is 549 g/mol. The first-order chi connectivity index (χ1) is 18.2. The third-order valence-electron chi connectivity index (χ3n) is 5.26. The molecule has 4 rings (SSSR count). The summed E-state index contributed by atoms with van der Waals surface area (Å²) in [5, 5.41) is 14.2. The van der Waals surface area contributed by atoms with Crippen LogP contribution in [0.1, 0.15) is 25.0 Å². The number of hydrogen-bond donors (Lipinski definition) is 2. The Morgan fingerprint density at radius 3 is 2.08 bits per heavy atom. The summed E-state index contributed by atoms with van der Waals surface area (Å²) in [4.78, 5) is 32.4. The Morgan fingerprint density at radius 2 is 1.56 bits per heavy atom. The molecule has 0 aliphatic carbocycles. The maximum Gasteiger partial charge on any atom is 0.490 e. The molecule has 0 radical (unpaired) electrons. The number of alkyl halides is 6. The molecule has 2 fully saturated rings. The molecule has 10 nitrogen and oxygen atoms in total. The van der Waals surface area contributed by atoms with E-state index in [2.05, 4.69) is 19.9 Å². The van der Waals surface area contributed by atoms with E-state index in [9.17, 15) is 30.7 Å². The van der Waals surface area contributed by atoms with Gasteiger partial charge in [0.25, 0.3) is 0 Å². The highest BCUT2D eigenvalue weighted by Gasteiger charge is 2.41. The highest BCUT2D eigenvalue weighted by Crippen LogP contribution is 2.33. The number of fused-ring (bicyclic) bond motifs is 1. The van der Waals surface area contributed by atoms with Crippen LogP contribution in [-0.4, -0.2) is 80.9 Å². The van der Waals surface area contributed by atoms with Crippen LogP contribution in [-0.2, 0) is 25.7 Å². The van der Waals surface area contributed by atoms with E-state index in [1.165, 1.54) is 12.4 Å². The first kappa shape index (κ1) is 31.6. The van der Waals surface area contributed by atoms with Gasteiger partial charge in [-0.1, -0.05) is 6.07 Å². The third-order valence-corrected chi connectivity index (χ3v) is 5.26. The van der Waals surface area contributed by atoms with E-state index in [-0.39, 0.29) is 18.2 Å². The van der Waals surface area contributed by atoms with Gasteiger partial charge in [-0.25, -0.2) is 23.9 Å². The fourth-order valence-corrected chi connectivity index (χ4v) is 3.60. The van der Waals surface area contributed by atoms with Crippen LogP contribution in [0.5, 0.6) is 0 Å². The molecule has 39 heavy (non-hydrogen) atoms. The molecule has 0 unspecified atom stereocenters. The van der Waals surface area contributed by atoms with Gasteiger partial charge in [-0.05, 0) is 31.4 Å². The molecule has 2 aliphatic rings. The van der Waals surface area contributed by atoms with Crippen molar-refractivity contribution in [1.82, 2.24) is 15.0 Å². The Labute approximate surface area is 216 Å². The minimum Gasteiger partial charge on any atom is -0.475 e. The first-order valence-electron chi connectivity index (χ1n) is 11.2. The standard InChI is InChI=1S/C18H21FN4O2.2C2HF3O2/c19-13-9-21-18(22-10-13)23-8-6-17-16(23)5-4-15(25-17)12-24-11-14-3-1-2-7-20-14;2*3-2(4,5)1(6)7/h1-3,7,9-10,15-17H,4-6,8,11-12H2;2*(H,6,7)/t15-,16+,17+;;/m1../s1. The molecule has 0 aromatic carbocycles. The van der Waals surface area contributed by atoms with Gasteiger partial charge < -0.3 is 24.6 Å². The zero-order chi connectivity index (χ0) is 29.2. The van der Waals surface area contributed by atoms with Crippen LogP contribution in [0.25, 0.3) is 0 Å². The lowest BCUT2D eigenvalue weighted by molar-refractivity contribution is -0.193. The Hall–Kier alpha value is -3.60. The van der Waals surface area contributed by atoms with Crippen LogP contribution in [0, 0.1) is 5.82 Å². The van der Waals surface area contributed by atoms with Crippen LogP contribution in [0.15, 0.2) is 36.8 Å². The lowest BCUT2D eigenvalue weighted by Gasteiger charge is -2.35. The number of aromatic nitrogens is 3. The summed E-state index contributed by atoms with van der Waals surface area (Å²) >= 11 is 0. The summed E-state index contributed by atoms with van der Waals surface area (Å²) in [5.41, 5.74) is 0.927. The molecule has 0 spiro atoms. The van der Waals surface area contributed by atoms with E-state index in [1.54, 1.807) is 6.20 Å². The average Bonchev–Trinajstić information content (AvgIpc) is 3.28. The van der Waals surface area contributed by atoms with Crippen molar-refractivity contribution in [3.05, 3.63) is 48.3 Å². The van der Waals surface area contributed by atoms with Gasteiger partial charge in [0.15, 0.2) is 5.82 Å². The molecule has 2 aromatic heterocycles. The predicted molar refractivity (Wildman–Crippen MR) is 117 cm³/mol.